The van der Waals surface area contributed by atoms with Crippen LogP contribution in [-0.2, 0) is 23.0 Å². The van der Waals surface area contributed by atoms with Crippen molar-refractivity contribution in [3.8, 4) is 0 Å². The Labute approximate surface area is 216 Å². The summed E-state index contributed by atoms with van der Waals surface area (Å²) in [5.41, 5.74) is 4.87. The number of fused-ring (bicyclic) bond motifs is 2. The van der Waals surface area contributed by atoms with Gasteiger partial charge in [0.15, 0.2) is 11.7 Å². The van der Waals surface area contributed by atoms with E-state index in [0.717, 1.165) is 50.3 Å². The van der Waals surface area contributed by atoms with E-state index in [1.807, 2.05) is 19.3 Å². The van der Waals surface area contributed by atoms with E-state index >= 15 is 0 Å². The number of pyridine rings is 1. The van der Waals surface area contributed by atoms with Crippen LogP contribution in [0.25, 0.3) is 0 Å². The second-order valence-corrected chi connectivity index (χ2v) is 11.3. The number of quaternary nitrogens is 1. The van der Waals surface area contributed by atoms with Crippen molar-refractivity contribution in [1.82, 2.24) is 24.6 Å². The molecule has 8 nitrogen and oxygen atoms in total. The maximum Gasteiger partial charge on any atom is 0.341 e. The maximum atomic E-state index is 14.5. The lowest BCUT2D eigenvalue weighted by Crippen LogP contribution is -2.67. The molecule has 0 radical (unpaired) electrons. The Balaban J connectivity index is 1.28. The van der Waals surface area contributed by atoms with Crippen LogP contribution in [-0.4, -0.2) is 58.9 Å². The summed E-state index contributed by atoms with van der Waals surface area (Å²) in [6.45, 7) is 1.54. The van der Waals surface area contributed by atoms with Crippen molar-refractivity contribution < 1.29 is 14.3 Å². The fourth-order valence-electron chi connectivity index (χ4n) is 7.56. The molecule has 190 valence electrons. The van der Waals surface area contributed by atoms with Gasteiger partial charge in [0.1, 0.15) is 11.7 Å². The number of nitrogens with zero attached hydrogens (tertiary/aromatic N) is 4. The summed E-state index contributed by atoms with van der Waals surface area (Å²) >= 11 is 0. The molecule has 0 bridgehead atoms. The number of nitrogens with one attached hydrogen (secondary N) is 1. The highest BCUT2D eigenvalue weighted by molar-refractivity contribution is 6.01. The highest BCUT2D eigenvalue weighted by Crippen LogP contribution is 2.70. The van der Waals surface area contributed by atoms with Gasteiger partial charge in [-0.3, -0.25) is 14.5 Å². The number of amides is 2. The number of carbonyl (C=O) groups is 2. The molecule has 2 aliphatic carbocycles. The number of aryl methyl sites for hydroxylation is 1. The van der Waals surface area contributed by atoms with E-state index in [2.05, 4.69) is 40.7 Å². The Morgan fingerprint density at radius 2 is 1.97 bits per heavy atom. The number of hydrogen-bond donors (Lipinski definition) is 1. The Kier molecular flexibility index (Phi) is 4.97. The first-order valence-corrected chi connectivity index (χ1v) is 13.2. The summed E-state index contributed by atoms with van der Waals surface area (Å²) in [7, 11) is 3.77. The van der Waals surface area contributed by atoms with Crippen molar-refractivity contribution in [2.75, 3.05) is 20.3 Å². The minimum Gasteiger partial charge on any atom is -0.381 e. The van der Waals surface area contributed by atoms with Crippen LogP contribution >= 0.6 is 0 Å². The van der Waals surface area contributed by atoms with E-state index in [4.69, 9.17) is 9.72 Å². The third-order valence-corrected chi connectivity index (χ3v) is 9.57. The quantitative estimate of drug-likeness (QED) is 0.559. The van der Waals surface area contributed by atoms with Crippen LogP contribution in [0.4, 0.5) is 5.69 Å². The second kappa shape index (κ2) is 8.07. The molecule has 1 saturated carbocycles. The Hall–Kier alpha value is -3.36. The molecule has 1 spiro atoms. The lowest BCUT2D eigenvalue weighted by atomic mass is 9.78. The Morgan fingerprint density at radius 3 is 2.70 bits per heavy atom. The van der Waals surface area contributed by atoms with Gasteiger partial charge < -0.3 is 10.1 Å². The average Bonchev–Trinajstić information content (AvgIpc) is 3.33. The van der Waals surface area contributed by atoms with E-state index in [0.29, 0.717) is 11.6 Å². The van der Waals surface area contributed by atoms with Gasteiger partial charge in [-0.1, -0.05) is 24.3 Å². The molecule has 5 atom stereocenters. The number of piperidine rings is 1. The molecular formula is C29H32N5O3+. The maximum absolute atomic E-state index is 14.5. The second-order valence-electron chi connectivity index (χ2n) is 11.3. The van der Waals surface area contributed by atoms with E-state index < -0.39 is 6.04 Å². The monoisotopic (exact) mass is 498 g/mol. The van der Waals surface area contributed by atoms with Crippen molar-refractivity contribution >= 4 is 17.5 Å². The summed E-state index contributed by atoms with van der Waals surface area (Å²) < 4.78 is 7.24. The standard InChI is InChI=1S/C29H31N5O3/c1-33-23(9-12-31-33)27(35)32-26-25-21-6-4-3-5-19(21)15-29(25)16-24(29)34(2,28(26)36)20-7-8-22(30-17-20)18-10-13-37-14-11-18/h3-9,12,17-18,24-26H,10-11,13-16H2,1-2H3/p+1. The number of benzene rings is 1. The van der Waals surface area contributed by atoms with Gasteiger partial charge in [-0.05, 0) is 42.5 Å². The van der Waals surface area contributed by atoms with E-state index in [9.17, 15) is 9.59 Å². The molecule has 4 aliphatic rings. The average molecular weight is 499 g/mol. The fourth-order valence-corrected chi connectivity index (χ4v) is 7.56. The molecule has 2 aromatic heterocycles. The van der Waals surface area contributed by atoms with Crippen LogP contribution in [0.15, 0.2) is 54.9 Å². The summed E-state index contributed by atoms with van der Waals surface area (Å²) in [5, 5.41) is 7.31. The Bertz CT molecular complexity index is 1390. The van der Waals surface area contributed by atoms with Crippen molar-refractivity contribution in [1.29, 1.82) is 0 Å². The molecule has 37 heavy (non-hydrogen) atoms. The molecule has 5 unspecified atom stereocenters. The molecule has 8 heteroatoms. The number of ether oxygens (including phenoxy) is 1. The largest absolute Gasteiger partial charge is 0.381 e. The van der Waals surface area contributed by atoms with Gasteiger partial charge in [0.05, 0.1) is 13.2 Å². The molecule has 2 aliphatic heterocycles. The van der Waals surface area contributed by atoms with Crippen LogP contribution < -0.4 is 9.80 Å². The van der Waals surface area contributed by atoms with Crippen LogP contribution in [0, 0.1) is 5.41 Å². The third kappa shape index (κ3) is 3.21. The molecule has 1 aromatic carbocycles. The minimum absolute atomic E-state index is 0.0240. The lowest BCUT2D eigenvalue weighted by Gasteiger charge is -2.43. The molecular weight excluding hydrogens is 466 g/mol. The van der Waals surface area contributed by atoms with Gasteiger partial charge in [0.25, 0.3) is 5.91 Å². The first-order valence-electron chi connectivity index (χ1n) is 13.2. The number of hydrogen-bond acceptors (Lipinski definition) is 5. The van der Waals surface area contributed by atoms with Gasteiger partial charge in [-0.15, -0.1) is 0 Å². The van der Waals surface area contributed by atoms with Crippen LogP contribution in [0.1, 0.15) is 58.4 Å². The predicted molar refractivity (Wildman–Crippen MR) is 138 cm³/mol. The number of carbonyl (C=O) groups excluding carboxylic acids is 2. The molecule has 4 heterocycles. The molecule has 2 saturated heterocycles. The normalized spacial score (nSPS) is 32.4. The number of rotatable bonds is 4. The number of likely N-dealkylation sites (N-methyl/N-ethyl adjacent to an activating group) is 1. The summed E-state index contributed by atoms with van der Waals surface area (Å²) in [6.07, 6.45) is 7.35. The molecule has 2 amide bonds. The van der Waals surface area contributed by atoms with Gasteiger partial charge in [-0.2, -0.15) is 5.10 Å². The highest BCUT2D eigenvalue weighted by atomic mass is 16.5. The highest BCUT2D eigenvalue weighted by Gasteiger charge is 2.78. The van der Waals surface area contributed by atoms with Crippen molar-refractivity contribution in [2.45, 2.75) is 49.6 Å². The van der Waals surface area contributed by atoms with Crippen molar-refractivity contribution in [3.05, 3.63) is 77.4 Å². The van der Waals surface area contributed by atoms with E-state index in [1.165, 1.54) is 11.1 Å². The zero-order valence-electron chi connectivity index (χ0n) is 21.3. The smallest absolute Gasteiger partial charge is 0.341 e. The first kappa shape index (κ1) is 22.8. The number of aromatic nitrogens is 3. The van der Waals surface area contributed by atoms with Crippen LogP contribution in [0.5, 0.6) is 0 Å². The molecule has 7 rings (SSSR count). The summed E-state index contributed by atoms with van der Waals surface area (Å²) in [4.78, 5) is 32.7. The number of likely N-dealkylation sites (tertiary alicyclic amines) is 1. The van der Waals surface area contributed by atoms with Crippen molar-refractivity contribution in [3.63, 3.8) is 0 Å². The lowest BCUT2D eigenvalue weighted by molar-refractivity contribution is -0.136. The van der Waals surface area contributed by atoms with Gasteiger partial charge >= 0.3 is 5.91 Å². The molecule has 3 fully saturated rings. The van der Waals surface area contributed by atoms with Gasteiger partial charge in [0.2, 0.25) is 0 Å². The van der Waals surface area contributed by atoms with Gasteiger partial charge in [0, 0.05) is 61.9 Å². The zero-order chi connectivity index (χ0) is 25.4. The SMILES string of the molecule is Cn1nccc1C(=O)NC1C(=O)[N+](C)(c2ccc(C3CCOCC3)nc2)C2CC23Cc2ccccc2C13. The Morgan fingerprint density at radius 1 is 1.16 bits per heavy atom. The first-order chi connectivity index (χ1) is 17.9. The van der Waals surface area contributed by atoms with E-state index in [1.54, 1.807) is 24.0 Å². The van der Waals surface area contributed by atoms with Crippen LogP contribution in [0.2, 0.25) is 0 Å². The third-order valence-electron chi connectivity index (χ3n) is 9.57. The summed E-state index contributed by atoms with van der Waals surface area (Å²) in [5.74, 6) is 0.128. The zero-order valence-corrected chi connectivity index (χ0v) is 21.3. The summed E-state index contributed by atoms with van der Waals surface area (Å²) in [6, 6.07) is 13.8. The predicted octanol–water partition coefficient (Wildman–Crippen LogP) is 3.08. The molecule has 1 N–H and O–H groups in total. The molecule has 3 aromatic rings. The van der Waals surface area contributed by atoms with Crippen molar-refractivity contribution in [2.24, 2.45) is 12.5 Å². The van der Waals surface area contributed by atoms with Crippen LogP contribution in [0.3, 0.4) is 0 Å². The van der Waals surface area contributed by atoms with E-state index in [-0.39, 0.29) is 33.7 Å². The minimum atomic E-state index is -0.634. The fraction of sp³-hybridized carbons (Fsp3) is 0.448. The van der Waals surface area contributed by atoms with Gasteiger partial charge in [-0.25, -0.2) is 9.28 Å². The topological polar surface area (TPSA) is 86.1 Å².